The highest BCUT2D eigenvalue weighted by molar-refractivity contribution is 5.81. The van der Waals surface area contributed by atoms with Crippen molar-refractivity contribution in [1.82, 2.24) is 5.32 Å². The molecule has 0 aromatic heterocycles. The van der Waals surface area contributed by atoms with Gasteiger partial charge in [-0.25, -0.2) is 4.79 Å². The first-order valence-electron chi connectivity index (χ1n) is 7.86. The molecule has 2 aromatic carbocycles. The van der Waals surface area contributed by atoms with Crippen LogP contribution in [0.1, 0.15) is 6.92 Å². The number of aliphatic carboxylic acids is 1. The molecule has 0 saturated carbocycles. The van der Waals surface area contributed by atoms with Crippen molar-refractivity contribution in [3.8, 4) is 16.9 Å². The predicted molar refractivity (Wildman–Crippen MR) is 93.4 cm³/mol. The van der Waals surface area contributed by atoms with Gasteiger partial charge in [0, 0.05) is 7.11 Å². The molecule has 2 unspecified atom stereocenters. The van der Waals surface area contributed by atoms with Gasteiger partial charge >= 0.3 is 5.97 Å². The molecule has 2 aromatic rings. The Morgan fingerprint density at radius 1 is 1.04 bits per heavy atom. The number of hydrogen-bond acceptors (Lipinski definition) is 4. The van der Waals surface area contributed by atoms with Crippen molar-refractivity contribution in [3.63, 3.8) is 0 Å². The lowest BCUT2D eigenvalue weighted by Crippen LogP contribution is -2.43. The zero-order chi connectivity index (χ0) is 18.2. The van der Waals surface area contributed by atoms with Crippen molar-refractivity contribution in [2.24, 2.45) is 0 Å². The fraction of sp³-hybridized carbons (Fsp3) is 0.263. The number of benzene rings is 2. The van der Waals surface area contributed by atoms with Gasteiger partial charge in [-0.15, -0.1) is 0 Å². The van der Waals surface area contributed by atoms with Gasteiger partial charge in [0.05, 0.1) is 6.54 Å². The van der Waals surface area contributed by atoms with E-state index in [-0.39, 0.29) is 6.54 Å². The van der Waals surface area contributed by atoms with Crippen LogP contribution in [-0.4, -0.2) is 42.8 Å². The standard InChI is InChI=1S/C19H21NO5/c1-13(18(21)20-12-17(24-2)19(22)23)25-16-10-8-15(9-11-16)14-6-4-3-5-7-14/h3-11,13,17H,12H2,1-2H3,(H,20,21)(H,22,23). The van der Waals surface area contributed by atoms with Crippen molar-refractivity contribution >= 4 is 11.9 Å². The summed E-state index contributed by atoms with van der Waals surface area (Å²) in [6, 6.07) is 17.3. The zero-order valence-corrected chi connectivity index (χ0v) is 14.1. The van der Waals surface area contributed by atoms with E-state index in [0.717, 1.165) is 11.1 Å². The van der Waals surface area contributed by atoms with Crippen molar-refractivity contribution in [2.75, 3.05) is 13.7 Å². The van der Waals surface area contributed by atoms with E-state index in [2.05, 4.69) is 5.32 Å². The second-order valence-electron chi connectivity index (χ2n) is 5.46. The summed E-state index contributed by atoms with van der Waals surface area (Å²) in [5, 5.41) is 11.4. The smallest absolute Gasteiger partial charge is 0.334 e. The molecule has 2 rings (SSSR count). The molecular formula is C19H21NO5. The van der Waals surface area contributed by atoms with Gasteiger partial charge in [-0.05, 0) is 30.2 Å². The second kappa shape index (κ2) is 8.84. The van der Waals surface area contributed by atoms with E-state index in [1.807, 2.05) is 42.5 Å². The normalized spacial score (nSPS) is 12.9. The quantitative estimate of drug-likeness (QED) is 0.768. The van der Waals surface area contributed by atoms with Crippen LogP contribution >= 0.6 is 0 Å². The number of carbonyl (C=O) groups is 2. The first-order valence-corrected chi connectivity index (χ1v) is 7.86. The number of carboxylic acid groups (broad SMARTS) is 1. The van der Waals surface area contributed by atoms with Crippen molar-refractivity contribution < 1.29 is 24.2 Å². The van der Waals surface area contributed by atoms with Gasteiger partial charge in [-0.3, -0.25) is 4.79 Å². The van der Waals surface area contributed by atoms with Gasteiger partial charge in [-0.1, -0.05) is 42.5 Å². The summed E-state index contributed by atoms with van der Waals surface area (Å²) in [5.74, 6) is -0.979. The Morgan fingerprint density at radius 2 is 1.64 bits per heavy atom. The maximum atomic E-state index is 12.0. The van der Waals surface area contributed by atoms with Gasteiger partial charge in [-0.2, -0.15) is 0 Å². The molecular weight excluding hydrogens is 322 g/mol. The Labute approximate surface area is 146 Å². The molecule has 2 atom stereocenters. The Bertz CT molecular complexity index is 700. The second-order valence-corrected chi connectivity index (χ2v) is 5.46. The number of amides is 1. The highest BCUT2D eigenvalue weighted by atomic mass is 16.5. The third kappa shape index (κ3) is 5.32. The van der Waals surface area contributed by atoms with Crippen LogP contribution in [0, 0.1) is 0 Å². The van der Waals surface area contributed by atoms with Crippen molar-refractivity contribution in [2.45, 2.75) is 19.1 Å². The lowest BCUT2D eigenvalue weighted by atomic mass is 10.1. The maximum Gasteiger partial charge on any atom is 0.334 e. The van der Waals surface area contributed by atoms with Crippen LogP contribution < -0.4 is 10.1 Å². The largest absolute Gasteiger partial charge is 0.481 e. The van der Waals surface area contributed by atoms with Gasteiger partial charge in [0.15, 0.2) is 12.2 Å². The van der Waals surface area contributed by atoms with E-state index in [1.54, 1.807) is 19.1 Å². The van der Waals surface area contributed by atoms with E-state index >= 15 is 0 Å². The fourth-order valence-electron chi connectivity index (χ4n) is 2.22. The Balaban J connectivity index is 1.90. The summed E-state index contributed by atoms with van der Waals surface area (Å²) in [7, 11) is 1.28. The molecule has 6 nitrogen and oxygen atoms in total. The van der Waals surface area contributed by atoms with Crippen molar-refractivity contribution in [3.05, 3.63) is 54.6 Å². The molecule has 0 spiro atoms. The minimum Gasteiger partial charge on any atom is -0.481 e. The van der Waals surface area contributed by atoms with Crippen LogP contribution in [-0.2, 0) is 14.3 Å². The third-order valence-corrected chi connectivity index (χ3v) is 3.67. The van der Waals surface area contributed by atoms with Gasteiger partial charge in [0.2, 0.25) is 0 Å². The highest BCUT2D eigenvalue weighted by Gasteiger charge is 2.20. The number of hydrogen-bond donors (Lipinski definition) is 2. The zero-order valence-electron chi connectivity index (χ0n) is 14.1. The summed E-state index contributed by atoms with van der Waals surface area (Å²) in [6.45, 7) is 1.48. The Hall–Kier alpha value is -2.86. The predicted octanol–water partition coefficient (Wildman–Crippen LogP) is 2.34. The highest BCUT2D eigenvalue weighted by Crippen LogP contribution is 2.22. The summed E-state index contributed by atoms with van der Waals surface area (Å²) in [4.78, 5) is 22.8. The lowest BCUT2D eigenvalue weighted by Gasteiger charge is -2.17. The van der Waals surface area contributed by atoms with Crippen molar-refractivity contribution in [1.29, 1.82) is 0 Å². The average molecular weight is 343 g/mol. The molecule has 2 N–H and O–H groups in total. The number of ether oxygens (including phenoxy) is 2. The number of nitrogens with one attached hydrogen (secondary N) is 1. The number of carboxylic acids is 1. The van der Waals surface area contributed by atoms with Crippen LogP contribution in [0.4, 0.5) is 0 Å². The molecule has 1 amide bonds. The fourth-order valence-corrected chi connectivity index (χ4v) is 2.22. The topological polar surface area (TPSA) is 84.9 Å². The van der Waals surface area contributed by atoms with Gasteiger partial charge < -0.3 is 19.9 Å². The molecule has 132 valence electrons. The summed E-state index contributed by atoms with van der Waals surface area (Å²) in [6.07, 6.45) is -1.84. The molecule has 0 heterocycles. The molecule has 0 bridgehead atoms. The molecule has 0 aliphatic heterocycles. The summed E-state index contributed by atoms with van der Waals surface area (Å²) >= 11 is 0. The van der Waals surface area contributed by atoms with Crippen LogP contribution in [0.2, 0.25) is 0 Å². The van der Waals surface area contributed by atoms with Crippen LogP contribution in [0.5, 0.6) is 5.75 Å². The van der Waals surface area contributed by atoms with E-state index in [4.69, 9.17) is 14.6 Å². The molecule has 0 aliphatic rings. The first kappa shape index (κ1) is 18.5. The van der Waals surface area contributed by atoms with Crippen LogP contribution in [0.15, 0.2) is 54.6 Å². The van der Waals surface area contributed by atoms with E-state index in [0.29, 0.717) is 5.75 Å². The SMILES string of the molecule is COC(CNC(=O)C(C)Oc1ccc(-c2ccccc2)cc1)C(=O)O. The lowest BCUT2D eigenvalue weighted by molar-refractivity contribution is -0.148. The summed E-state index contributed by atoms with van der Waals surface area (Å²) in [5.41, 5.74) is 2.15. The van der Waals surface area contributed by atoms with Crippen LogP contribution in [0.25, 0.3) is 11.1 Å². The van der Waals surface area contributed by atoms with Gasteiger partial charge in [0.25, 0.3) is 5.91 Å². The molecule has 25 heavy (non-hydrogen) atoms. The Kier molecular flexibility index (Phi) is 6.54. The first-order chi connectivity index (χ1) is 12.0. The van der Waals surface area contributed by atoms with E-state index in [1.165, 1.54) is 7.11 Å². The third-order valence-electron chi connectivity index (χ3n) is 3.67. The maximum absolute atomic E-state index is 12.0. The van der Waals surface area contributed by atoms with E-state index < -0.39 is 24.1 Å². The number of methoxy groups -OCH3 is 1. The van der Waals surface area contributed by atoms with Crippen LogP contribution in [0.3, 0.4) is 0 Å². The molecule has 6 heteroatoms. The number of rotatable bonds is 8. The minimum absolute atomic E-state index is 0.120. The minimum atomic E-state index is -1.13. The average Bonchev–Trinajstić information content (AvgIpc) is 2.63. The number of carbonyl (C=O) groups excluding carboxylic acids is 1. The monoisotopic (exact) mass is 343 g/mol. The summed E-state index contributed by atoms with van der Waals surface area (Å²) < 4.78 is 10.4. The van der Waals surface area contributed by atoms with E-state index in [9.17, 15) is 9.59 Å². The Morgan fingerprint density at radius 3 is 2.20 bits per heavy atom. The molecule has 0 fully saturated rings. The molecule has 0 radical (unpaired) electrons. The van der Waals surface area contributed by atoms with Gasteiger partial charge in [0.1, 0.15) is 5.75 Å². The molecule has 0 aliphatic carbocycles. The molecule has 0 saturated heterocycles.